The van der Waals surface area contributed by atoms with Crippen molar-refractivity contribution in [2.24, 2.45) is 33.5 Å². The van der Waals surface area contributed by atoms with Crippen LogP contribution in [-0.4, -0.2) is 11.7 Å². The highest BCUT2D eigenvalue weighted by Gasteiger charge is 2.19. The summed E-state index contributed by atoms with van der Waals surface area (Å²) in [5, 5.41) is 7.72. The standard InChI is InChI=1S/C9H18N4/c1-6-3-7(2)5-8(4-6)12-13-9(10)11/h6-7H,3-5H2,1-2H3,(H4,10,11,13). The first-order valence-electron chi connectivity index (χ1n) is 4.72. The van der Waals surface area contributed by atoms with Gasteiger partial charge in [-0.05, 0) is 31.1 Å². The van der Waals surface area contributed by atoms with Crippen LogP contribution in [-0.2, 0) is 0 Å². The molecule has 0 aromatic rings. The van der Waals surface area contributed by atoms with Gasteiger partial charge < -0.3 is 11.5 Å². The van der Waals surface area contributed by atoms with Gasteiger partial charge in [-0.25, -0.2) is 0 Å². The molecule has 0 aromatic heterocycles. The minimum atomic E-state index is 0.0402. The minimum absolute atomic E-state index is 0.0402. The third kappa shape index (κ3) is 3.44. The lowest BCUT2D eigenvalue weighted by atomic mass is 9.82. The zero-order valence-electron chi connectivity index (χ0n) is 8.33. The molecule has 0 aromatic carbocycles. The number of guanidine groups is 1. The van der Waals surface area contributed by atoms with E-state index >= 15 is 0 Å². The highest BCUT2D eigenvalue weighted by atomic mass is 15.3. The molecule has 0 saturated heterocycles. The highest BCUT2D eigenvalue weighted by molar-refractivity contribution is 5.86. The van der Waals surface area contributed by atoms with E-state index < -0.39 is 0 Å². The SMILES string of the molecule is CC1CC(=NN=C(N)N)CC(C)C1. The lowest BCUT2D eigenvalue weighted by Crippen LogP contribution is -2.23. The summed E-state index contributed by atoms with van der Waals surface area (Å²) in [6.45, 7) is 4.47. The molecular weight excluding hydrogens is 164 g/mol. The Morgan fingerprint density at radius 1 is 1.23 bits per heavy atom. The van der Waals surface area contributed by atoms with Crippen LogP contribution in [0.4, 0.5) is 0 Å². The molecule has 1 aliphatic carbocycles. The Kier molecular flexibility index (Phi) is 3.28. The van der Waals surface area contributed by atoms with E-state index in [4.69, 9.17) is 11.5 Å². The Balaban J connectivity index is 2.59. The zero-order valence-corrected chi connectivity index (χ0v) is 8.33. The fourth-order valence-corrected chi connectivity index (χ4v) is 1.95. The predicted octanol–water partition coefficient (Wildman–Crippen LogP) is 1.07. The molecule has 0 radical (unpaired) electrons. The third-order valence-corrected chi connectivity index (χ3v) is 2.28. The van der Waals surface area contributed by atoms with Gasteiger partial charge in [0.2, 0.25) is 5.96 Å². The predicted molar refractivity (Wildman–Crippen MR) is 55.4 cm³/mol. The van der Waals surface area contributed by atoms with E-state index in [1.807, 2.05) is 0 Å². The first-order chi connectivity index (χ1) is 6.08. The van der Waals surface area contributed by atoms with Crippen molar-refractivity contribution < 1.29 is 0 Å². The maximum atomic E-state index is 5.20. The maximum absolute atomic E-state index is 5.20. The second-order valence-corrected chi connectivity index (χ2v) is 4.05. The molecule has 74 valence electrons. The van der Waals surface area contributed by atoms with Crippen LogP contribution in [0.2, 0.25) is 0 Å². The number of hydrogen-bond donors (Lipinski definition) is 2. The van der Waals surface area contributed by atoms with Gasteiger partial charge in [-0.1, -0.05) is 13.8 Å². The van der Waals surface area contributed by atoms with Gasteiger partial charge in [0.25, 0.3) is 0 Å². The largest absolute Gasteiger partial charge is 0.369 e. The van der Waals surface area contributed by atoms with Crippen molar-refractivity contribution in [2.45, 2.75) is 33.1 Å². The van der Waals surface area contributed by atoms with Crippen LogP contribution < -0.4 is 11.5 Å². The fraction of sp³-hybridized carbons (Fsp3) is 0.778. The molecule has 1 saturated carbocycles. The molecule has 0 aliphatic heterocycles. The molecule has 2 atom stereocenters. The molecule has 1 fully saturated rings. The van der Waals surface area contributed by atoms with E-state index in [2.05, 4.69) is 24.1 Å². The molecule has 4 heteroatoms. The van der Waals surface area contributed by atoms with E-state index in [1.54, 1.807) is 0 Å². The van der Waals surface area contributed by atoms with Crippen LogP contribution in [0, 0.1) is 11.8 Å². The Morgan fingerprint density at radius 3 is 2.23 bits per heavy atom. The Hall–Kier alpha value is -1.06. The summed E-state index contributed by atoms with van der Waals surface area (Å²) in [6, 6.07) is 0. The summed E-state index contributed by atoms with van der Waals surface area (Å²) in [6.07, 6.45) is 3.34. The normalized spacial score (nSPS) is 28.3. The van der Waals surface area contributed by atoms with Gasteiger partial charge >= 0.3 is 0 Å². The molecule has 0 spiro atoms. The van der Waals surface area contributed by atoms with Crippen molar-refractivity contribution >= 4 is 11.7 Å². The second-order valence-electron chi connectivity index (χ2n) is 4.05. The van der Waals surface area contributed by atoms with Gasteiger partial charge in [-0.15, -0.1) is 5.10 Å². The van der Waals surface area contributed by atoms with Crippen LogP contribution in [0.1, 0.15) is 33.1 Å². The van der Waals surface area contributed by atoms with E-state index in [1.165, 1.54) is 6.42 Å². The van der Waals surface area contributed by atoms with Crippen LogP contribution in [0.3, 0.4) is 0 Å². The average Bonchev–Trinajstić information content (AvgIpc) is 1.99. The lowest BCUT2D eigenvalue weighted by molar-refractivity contribution is 0.399. The average molecular weight is 182 g/mol. The van der Waals surface area contributed by atoms with Gasteiger partial charge in [-0.3, -0.25) is 0 Å². The number of rotatable bonds is 1. The molecule has 13 heavy (non-hydrogen) atoms. The van der Waals surface area contributed by atoms with Crippen LogP contribution in [0.25, 0.3) is 0 Å². The number of nitrogens with two attached hydrogens (primary N) is 2. The quantitative estimate of drug-likeness (QED) is 0.361. The van der Waals surface area contributed by atoms with E-state index in [-0.39, 0.29) is 5.96 Å². The smallest absolute Gasteiger partial charge is 0.211 e. The van der Waals surface area contributed by atoms with Crippen molar-refractivity contribution in [3.05, 3.63) is 0 Å². The molecule has 0 amide bonds. The lowest BCUT2D eigenvalue weighted by Gasteiger charge is -2.24. The summed E-state index contributed by atoms with van der Waals surface area (Å²) in [5.74, 6) is 1.45. The van der Waals surface area contributed by atoms with E-state index in [0.29, 0.717) is 11.8 Å². The van der Waals surface area contributed by atoms with Crippen molar-refractivity contribution in [1.82, 2.24) is 0 Å². The van der Waals surface area contributed by atoms with Gasteiger partial charge in [0.15, 0.2) is 0 Å². The van der Waals surface area contributed by atoms with Gasteiger partial charge in [0.05, 0.1) is 0 Å². The molecular formula is C9H18N4. The topological polar surface area (TPSA) is 76.8 Å². The molecule has 1 rings (SSSR count). The second kappa shape index (κ2) is 4.25. The molecule has 0 heterocycles. The molecule has 4 N–H and O–H groups in total. The summed E-state index contributed by atoms with van der Waals surface area (Å²) in [7, 11) is 0. The Bertz CT molecular complexity index is 216. The van der Waals surface area contributed by atoms with E-state index in [9.17, 15) is 0 Å². The Labute approximate surface area is 79.1 Å². The highest BCUT2D eigenvalue weighted by Crippen LogP contribution is 2.26. The first-order valence-corrected chi connectivity index (χ1v) is 4.72. The van der Waals surface area contributed by atoms with Gasteiger partial charge in [-0.2, -0.15) is 5.10 Å². The zero-order chi connectivity index (χ0) is 9.84. The Morgan fingerprint density at radius 2 is 1.77 bits per heavy atom. The fourth-order valence-electron chi connectivity index (χ4n) is 1.95. The summed E-state index contributed by atoms with van der Waals surface area (Å²) >= 11 is 0. The number of hydrogen-bond acceptors (Lipinski definition) is 2. The maximum Gasteiger partial charge on any atom is 0.211 e. The third-order valence-electron chi connectivity index (χ3n) is 2.28. The van der Waals surface area contributed by atoms with Crippen molar-refractivity contribution in [1.29, 1.82) is 0 Å². The van der Waals surface area contributed by atoms with E-state index in [0.717, 1.165) is 18.6 Å². The molecule has 1 aliphatic rings. The summed E-state index contributed by atoms with van der Waals surface area (Å²) in [4.78, 5) is 0. The van der Waals surface area contributed by atoms with Crippen LogP contribution in [0.15, 0.2) is 10.2 Å². The van der Waals surface area contributed by atoms with Crippen LogP contribution >= 0.6 is 0 Å². The summed E-state index contributed by atoms with van der Waals surface area (Å²) < 4.78 is 0. The summed E-state index contributed by atoms with van der Waals surface area (Å²) in [5.41, 5.74) is 11.5. The van der Waals surface area contributed by atoms with Gasteiger partial charge in [0, 0.05) is 5.71 Å². The van der Waals surface area contributed by atoms with Crippen molar-refractivity contribution in [2.75, 3.05) is 0 Å². The number of nitrogens with zero attached hydrogens (tertiary/aromatic N) is 2. The van der Waals surface area contributed by atoms with Gasteiger partial charge in [0.1, 0.15) is 0 Å². The van der Waals surface area contributed by atoms with Crippen LogP contribution in [0.5, 0.6) is 0 Å². The molecule has 0 bridgehead atoms. The monoisotopic (exact) mass is 182 g/mol. The first kappa shape index (κ1) is 10.0. The van der Waals surface area contributed by atoms with Crippen molar-refractivity contribution in [3.63, 3.8) is 0 Å². The molecule has 4 nitrogen and oxygen atoms in total. The van der Waals surface area contributed by atoms with Crippen molar-refractivity contribution in [3.8, 4) is 0 Å². The minimum Gasteiger partial charge on any atom is -0.369 e. The molecule has 2 unspecified atom stereocenters.